The van der Waals surface area contributed by atoms with Crippen molar-refractivity contribution < 1.29 is 0 Å². The number of hydrogen-bond donors (Lipinski definition) is 0. The maximum atomic E-state index is 4.14. The summed E-state index contributed by atoms with van der Waals surface area (Å²) >= 11 is 0. The van der Waals surface area contributed by atoms with E-state index < -0.39 is 0 Å². The average molecular weight is 1030 g/mol. The lowest BCUT2D eigenvalue weighted by Crippen LogP contribution is -2.22. The second kappa shape index (κ2) is 25.9. The van der Waals surface area contributed by atoms with Crippen molar-refractivity contribution in [2.75, 3.05) is 0 Å². The lowest BCUT2D eigenvalue weighted by atomic mass is 9.73. The second-order valence-electron chi connectivity index (χ2n) is 20.8. The summed E-state index contributed by atoms with van der Waals surface area (Å²) in [7, 11) is 0. The van der Waals surface area contributed by atoms with Crippen LogP contribution in [0.1, 0.15) is 130 Å². The predicted octanol–water partition coefficient (Wildman–Crippen LogP) is 22.5. The zero-order valence-corrected chi connectivity index (χ0v) is 48.9. The van der Waals surface area contributed by atoms with Crippen molar-refractivity contribution >= 4 is 43.7 Å². The number of allylic oxidation sites excluding steroid dienone is 8. The van der Waals surface area contributed by atoms with E-state index in [-0.39, 0.29) is 5.41 Å². The van der Waals surface area contributed by atoms with E-state index in [1.807, 2.05) is 50.3 Å². The molecule has 1 heteroatoms. The minimum atomic E-state index is -0.321. The Kier molecular flexibility index (Phi) is 18.7. The highest BCUT2D eigenvalue weighted by atomic mass is 15.0. The molecule has 2 atom stereocenters. The number of aryl methyl sites for hydroxylation is 4. The molecule has 0 aliphatic heterocycles. The number of fused-ring (bicyclic) bond motifs is 8. The first kappa shape index (κ1) is 56.9. The number of aromatic nitrogens is 1. The van der Waals surface area contributed by atoms with E-state index in [9.17, 15) is 0 Å². The van der Waals surface area contributed by atoms with Crippen molar-refractivity contribution in [3.05, 3.63) is 293 Å². The molecule has 1 heterocycles. The molecule has 0 fully saturated rings. The van der Waals surface area contributed by atoms with Crippen molar-refractivity contribution in [2.24, 2.45) is 0 Å². The molecule has 0 spiro atoms. The van der Waals surface area contributed by atoms with E-state index in [2.05, 4.69) is 268 Å². The summed E-state index contributed by atoms with van der Waals surface area (Å²) in [5, 5.41) is 5.10. The molecular formula is C78H81N. The van der Waals surface area contributed by atoms with Gasteiger partial charge in [0.2, 0.25) is 0 Å². The normalized spacial score (nSPS) is 14.1. The molecule has 9 aromatic carbocycles. The van der Waals surface area contributed by atoms with Gasteiger partial charge in [-0.05, 0) is 190 Å². The van der Waals surface area contributed by atoms with Gasteiger partial charge in [-0.15, -0.1) is 0 Å². The Hall–Kier alpha value is -8.26. The van der Waals surface area contributed by atoms with Crippen molar-refractivity contribution in [3.63, 3.8) is 0 Å². The fourth-order valence-corrected chi connectivity index (χ4v) is 11.7. The van der Waals surface area contributed by atoms with E-state index in [0.717, 1.165) is 24.1 Å². The summed E-state index contributed by atoms with van der Waals surface area (Å²) in [5.41, 5.74) is 24.3. The molecule has 1 aliphatic rings. The average Bonchev–Trinajstić information content (AvgIpc) is 3.95. The highest BCUT2D eigenvalue weighted by Crippen LogP contribution is 2.56. The number of hydrogen-bond acceptors (Lipinski definition) is 0. The molecule has 11 rings (SSSR count). The maximum Gasteiger partial charge on any atom is 0.0541 e. The number of nitrogens with zero attached hydrogens (tertiary/aromatic N) is 1. The van der Waals surface area contributed by atoms with Gasteiger partial charge in [0.15, 0.2) is 0 Å². The molecule has 1 aromatic heterocycles. The van der Waals surface area contributed by atoms with Crippen LogP contribution in [0.15, 0.2) is 238 Å². The van der Waals surface area contributed by atoms with Crippen LogP contribution in [0.5, 0.6) is 0 Å². The van der Waals surface area contributed by atoms with E-state index in [1.54, 1.807) is 0 Å². The van der Waals surface area contributed by atoms with Gasteiger partial charge in [0, 0.05) is 21.9 Å². The monoisotopic (exact) mass is 1030 g/mol. The minimum absolute atomic E-state index is 0.321. The Labute approximate surface area is 473 Å². The molecule has 79 heavy (non-hydrogen) atoms. The highest BCUT2D eigenvalue weighted by molar-refractivity contribution is 6.12. The molecule has 10 aromatic rings. The second-order valence-corrected chi connectivity index (χ2v) is 20.8. The molecule has 1 nitrogen and oxygen atoms in total. The fraction of sp³-hybridized carbons (Fsp3) is 0.205. The quantitative estimate of drug-likeness (QED) is 0.108. The van der Waals surface area contributed by atoms with Gasteiger partial charge in [-0.2, -0.15) is 0 Å². The Morgan fingerprint density at radius 3 is 1.76 bits per heavy atom. The Morgan fingerprint density at radius 1 is 0.570 bits per heavy atom. The molecule has 398 valence electrons. The van der Waals surface area contributed by atoms with Crippen LogP contribution < -0.4 is 0 Å². The van der Waals surface area contributed by atoms with Gasteiger partial charge in [-0.25, -0.2) is 0 Å². The van der Waals surface area contributed by atoms with Gasteiger partial charge in [0.1, 0.15) is 0 Å². The molecule has 0 amide bonds. The zero-order valence-electron chi connectivity index (χ0n) is 48.9. The standard InChI is InChI=1S/C50H43N.C19H24.C7H8.C2H6/c1-7-11-18-35(10-4)37-24-28-48-44(31-37)43-30-36(34(9-3)17-8-2)23-27-47(43)51(48)39-25-26-42-45(32-39)50(6,38-19-13-12-14-20-38)46-29-33(5)40-21-15-16-22-41(40)49(42)46;1-5-14(3)17-9-7-8-10-19(17)18-12-11-16(6-2)13-15(18)4;1-7-5-3-2-4-6-7;1-2/h7,9-32H,1,3,8H2,2,4-6H3;7-14H,5-6H2,1-4H3;2-6H,1H3;1-2H3/b18-11-,34-17+,35-10+;;;. The van der Waals surface area contributed by atoms with Crippen LogP contribution >= 0.6 is 0 Å². The van der Waals surface area contributed by atoms with Gasteiger partial charge in [-0.1, -0.05) is 248 Å². The fourth-order valence-electron chi connectivity index (χ4n) is 11.7. The van der Waals surface area contributed by atoms with Gasteiger partial charge in [-0.3, -0.25) is 0 Å². The van der Waals surface area contributed by atoms with Crippen LogP contribution in [-0.4, -0.2) is 4.57 Å². The van der Waals surface area contributed by atoms with Gasteiger partial charge < -0.3 is 4.57 Å². The van der Waals surface area contributed by atoms with Gasteiger partial charge in [0.25, 0.3) is 0 Å². The summed E-state index contributed by atoms with van der Waals surface area (Å²) in [6.07, 6.45) is 15.6. The SMILES string of the molecule is C=C/C=C\C(=C/C)c1ccc2c(c1)c1cc(/C(C=C)=C/CC)ccc1n2-c1ccc2c(c1)C(C)(c1ccccc1)c1cc(C)c3ccccc3c1-2.CC.CCc1ccc(-c2ccccc2C(C)CC)c(C)c1.Cc1ccccc1. The maximum absolute atomic E-state index is 4.14. The molecule has 2 unspecified atom stereocenters. The molecule has 0 bridgehead atoms. The third-order valence-corrected chi connectivity index (χ3v) is 16.0. The third kappa shape index (κ3) is 11.5. The zero-order chi connectivity index (χ0) is 56.2. The van der Waals surface area contributed by atoms with Crippen molar-refractivity contribution in [2.45, 2.75) is 107 Å². The smallest absolute Gasteiger partial charge is 0.0541 e. The Bertz CT molecular complexity index is 3850. The van der Waals surface area contributed by atoms with Crippen molar-refractivity contribution in [3.8, 4) is 27.9 Å². The van der Waals surface area contributed by atoms with Crippen molar-refractivity contribution in [1.29, 1.82) is 0 Å². The van der Waals surface area contributed by atoms with Gasteiger partial charge in [0.05, 0.1) is 11.0 Å². The lowest BCUT2D eigenvalue weighted by Gasteiger charge is -2.29. The highest BCUT2D eigenvalue weighted by Gasteiger charge is 2.42. The van der Waals surface area contributed by atoms with Crippen LogP contribution in [0.25, 0.3) is 71.7 Å². The van der Waals surface area contributed by atoms with Crippen molar-refractivity contribution in [1.82, 2.24) is 4.57 Å². The van der Waals surface area contributed by atoms with E-state index in [4.69, 9.17) is 0 Å². The molecule has 0 saturated carbocycles. The van der Waals surface area contributed by atoms with Crippen LogP contribution in [0, 0.1) is 20.8 Å². The molecule has 0 radical (unpaired) electrons. The molecular weight excluding hydrogens is 951 g/mol. The lowest BCUT2D eigenvalue weighted by molar-refractivity contribution is 0.713. The summed E-state index contributed by atoms with van der Waals surface area (Å²) in [4.78, 5) is 0. The summed E-state index contributed by atoms with van der Waals surface area (Å²) in [6.45, 7) is 32.1. The van der Waals surface area contributed by atoms with Crippen LogP contribution in [0.3, 0.4) is 0 Å². The Balaban J connectivity index is 0.000000240. The predicted molar refractivity (Wildman–Crippen MR) is 349 cm³/mol. The third-order valence-electron chi connectivity index (χ3n) is 16.0. The largest absolute Gasteiger partial charge is 0.309 e. The van der Waals surface area contributed by atoms with E-state index in [0.29, 0.717) is 5.92 Å². The summed E-state index contributed by atoms with van der Waals surface area (Å²) < 4.78 is 2.46. The summed E-state index contributed by atoms with van der Waals surface area (Å²) in [6, 6.07) is 69.3. The Morgan fingerprint density at radius 2 is 1.18 bits per heavy atom. The van der Waals surface area contributed by atoms with E-state index in [1.165, 1.54) is 122 Å². The first-order valence-corrected chi connectivity index (χ1v) is 28.8. The van der Waals surface area contributed by atoms with E-state index >= 15 is 0 Å². The first-order valence-electron chi connectivity index (χ1n) is 28.8. The molecule has 0 saturated heterocycles. The minimum Gasteiger partial charge on any atom is -0.309 e. The molecule has 0 N–H and O–H groups in total. The first-order chi connectivity index (χ1) is 38.5. The van der Waals surface area contributed by atoms with Crippen LogP contribution in [0.4, 0.5) is 0 Å². The van der Waals surface area contributed by atoms with Crippen LogP contribution in [0.2, 0.25) is 0 Å². The number of rotatable bonds is 12. The number of benzene rings is 9. The van der Waals surface area contributed by atoms with Gasteiger partial charge >= 0.3 is 0 Å². The molecule has 1 aliphatic carbocycles. The van der Waals surface area contributed by atoms with Crippen LogP contribution in [-0.2, 0) is 11.8 Å². The summed E-state index contributed by atoms with van der Waals surface area (Å²) in [5.74, 6) is 0.612. The topological polar surface area (TPSA) is 4.93 Å².